The Morgan fingerprint density at radius 3 is 2.81 bits per heavy atom. The molecule has 2 aliphatic rings. The van der Waals surface area contributed by atoms with Crippen LogP contribution in [0.3, 0.4) is 0 Å². The third-order valence-electron chi connectivity index (χ3n) is 4.00. The van der Waals surface area contributed by atoms with Crippen molar-refractivity contribution in [2.75, 3.05) is 13.7 Å². The Balaban J connectivity index is 1.59. The molecule has 0 aromatic heterocycles. The molecule has 1 aliphatic heterocycles. The van der Waals surface area contributed by atoms with Crippen molar-refractivity contribution in [3.8, 4) is 0 Å². The summed E-state index contributed by atoms with van der Waals surface area (Å²) in [5.41, 5.74) is 0. The van der Waals surface area contributed by atoms with Crippen LogP contribution in [0.2, 0.25) is 0 Å². The van der Waals surface area contributed by atoms with Gasteiger partial charge >= 0.3 is 0 Å². The highest BCUT2D eigenvalue weighted by Gasteiger charge is 2.30. The largest absolute Gasteiger partial charge is 0.381 e. The van der Waals surface area contributed by atoms with Crippen LogP contribution in [0, 0.1) is 0 Å². The Hall–Kier alpha value is -0.120. The number of piperidine rings is 1. The van der Waals surface area contributed by atoms with Gasteiger partial charge in [0.05, 0.1) is 6.10 Å². The van der Waals surface area contributed by atoms with Crippen molar-refractivity contribution in [3.63, 3.8) is 0 Å². The van der Waals surface area contributed by atoms with E-state index in [0.29, 0.717) is 18.2 Å². The maximum absolute atomic E-state index is 5.30. The van der Waals surface area contributed by atoms with Gasteiger partial charge in [0.15, 0.2) is 0 Å². The van der Waals surface area contributed by atoms with E-state index in [1.807, 2.05) is 7.11 Å². The number of rotatable bonds is 5. The van der Waals surface area contributed by atoms with Crippen LogP contribution in [-0.4, -0.2) is 37.9 Å². The summed E-state index contributed by atoms with van der Waals surface area (Å²) in [5, 5.41) is 7.32. The first-order valence-corrected chi connectivity index (χ1v) is 6.80. The minimum absolute atomic E-state index is 0.512. The summed E-state index contributed by atoms with van der Waals surface area (Å²) in [6, 6.07) is 2.08. The van der Waals surface area contributed by atoms with Crippen molar-refractivity contribution in [1.29, 1.82) is 0 Å². The molecule has 2 atom stereocenters. The Kier molecular flexibility index (Phi) is 4.62. The molecule has 1 heterocycles. The molecule has 1 saturated carbocycles. The van der Waals surface area contributed by atoms with Crippen molar-refractivity contribution >= 4 is 0 Å². The van der Waals surface area contributed by atoms with E-state index in [9.17, 15) is 0 Å². The molecule has 0 amide bonds. The van der Waals surface area contributed by atoms with E-state index in [0.717, 1.165) is 6.04 Å². The van der Waals surface area contributed by atoms with Crippen LogP contribution < -0.4 is 10.6 Å². The van der Waals surface area contributed by atoms with E-state index in [-0.39, 0.29) is 0 Å². The van der Waals surface area contributed by atoms with E-state index in [1.165, 1.54) is 45.1 Å². The highest BCUT2D eigenvalue weighted by molar-refractivity contribution is 4.88. The Labute approximate surface area is 99.3 Å². The molecule has 3 nitrogen and oxygen atoms in total. The predicted octanol–water partition coefficient (Wildman–Crippen LogP) is 1.67. The fraction of sp³-hybridized carbons (Fsp3) is 1.00. The molecular formula is C13H26N2O. The van der Waals surface area contributed by atoms with Crippen LogP contribution in [0.25, 0.3) is 0 Å². The molecule has 94 valence electrons. The molecule has 2 fully saturated rings. The number of nitrogens with one attached hydrogen (secondary N) is 2. The number of methoxy groups -OCH3 is 1. The molecule has 1 saturated heterocycles. The molecule has 0 bridgehead atoms. The Bertz CT molecular complexity index is 198. The van der Waals surface area contributed by atoms with Crippen molar-refractivity contribution in [2.24, 2.45) is 0 Å². The summed E-state index contributed by atoms with van der Waals surface area (Å²) in [7, 11) is 1.82. The third-order valence-corrected chi connectivity index (χ3v) is 4.00. The highest BCUT2D eigenvalue weighted by Crippen LogP contribution is 2.23. The lowest BCUT2D eigenvalue weighted by Gasteiger charge is -2.37. The molecule has 16 heavy (non-hydrogen) atoms. The highest BCUT2D eigenvalue weighted by atomic mass is 16.5. The SMILES string of the molecule is COC1CC(NC(C)CC2CCCCN2)C1. The number of hydrogen-bond acceptors (Lipinski definition) is 3. The molecule has 1 aliphatic carbocycles. The van der Waals surface area contributed by atoms with Crippen LogP contribution in [0.5, 0.6) is 0 Å². The fourth-order valence-corrected chi connectivity index (χ4v) is 2.92. The summed E-state index contributed by atoms with van der Waals surface area (Å²) >= 11 is 0. The minimum Gasteiger partial charge on any atom is -0.381 e. The van der Waals surface area contributed by atoms with E-state index < -0.39 is 0 Å². The van der Waals surface area contributed by atoms with Crippen molar-refractivity contribution < 1.29 is 4.74 Å². The van der Waals surface area contributed by atoms with Crippen LogP contribution in [0.1, 0.15) is 45.4 Å². The first-order chi connectivity index (χ1) is 7.78. The quantitative estimate of drug-likeness (QED) is 0.748. The molecule has 2 unspecified atom stereocenters. The summed E-state index contributed by atoms with van der Waals surface area (Å²) in [4.78, 5) is 0. The molecule has 3 heteroatoms. The van der Waals surface area contributed by atoms with Crippen molar-refractivity contribution in [2.45, 2.75) is 69.7 Å². The third kappa shape index (κ3) is 3.44. The summed E-state index contributed by atoms with van der Waals surface area (Å²) in [5.74, 6) is 0. The maximum atomic E-state index is 5.30. The first kappa shape index (κ1) is 12.3. The van der Waals surface area contributed by atoms with Crippen molar-refractivity contribution in [1.82, 2.24) is 10.6 Å². The molecule has 2 rings (SSSR count). The topological polar surface area (TPSA) is 33.3 Å². The molecule has 0 aromatic rings. The van der Waals surface area contributed by atoms with Crippen molar-refractivity contribution in [3.05, 3.63) is 0 Å². The zero-order chi connectivity index (χ0) is 11.4. The monoisotopic (exact) mass is 226 g/mol. The van der Waals surface area contributed by atoms with Crippen LogP contribution in [0.4, 0.5) is 0 Å². The Morgan fingerprint density at radius 2 is 2.19 bits per heavy atom. The number of hydrogen-bond donors (Lipinski definition) is 2. The lowest BCUT2D eigenvalue weighted by Crippen LogP contribution is -2.50. The molecule has 0 aromatic carbocycles. The Morgan fingerprint density at radius 1 is 1.38 bits per heavy atom. The van der Waals surface area contributed by atoms with E-state index in [1.54, 1.807) is 0 Å². The van der Waals surface area contributed by atoms with Gasteiger partial charge < -0.3 is 15.4 Å². The van der Waals surface area contributed by atoms with Gasteiger partial charge in [-0.15, -0.1) is 0 Å². The minimum atomic E-state index is 0.512. The maximum Gasteiger partial charge on any atom is 0.0601 e. The second-order valence-electron chi connectivity index (χ2n) is 5.48. The van der Waals surface area contributed by atoms with Gasteiger partial charge in [-0.3, -0.25) is 0 Å². The van der Waals surface area contributed by atoms with E-state index in [2.05, 4.69) is 17.6 Å². The zero-order valence-corrected chi connectivity index (χ0v) is 10.7. The molecule has 0 spiro atoms. The van der Waals surface area contributed by atoms with Gasteiger partial charge in [0.1, 0.15) is 0 Å². The standard InChI is InChI=1S/C13H26N2O/c1-10(7-11-5-3-4-6-14-11)15-12-8-13(9-12)16-2/h10-15H,3-9H2,1-2H3. The summed E-state index contributed by atoms with van der Waals surface area (Å²) in [6.07, 6.45) is 8.29. The normalized spacial score (nSPS) is 36.8. The first-order valence-electron chi connectivity index (χ1n) is 6.80. The molecular weight excluding hydrogens is 200 g/mol. The zero-order valence-electron chi connectivity index (χ0n) is 10.7. The van der Waals surface area contributed by atoms with Gasteiger partial charge in [0.2, 0.25) is 0 Å². The van der Waals surface area contributed by atoms with E-state index in [4.69, 9.17) is 4.74 Å². The fourth-order valence-electron chi connectivity index (χ4n) is 2.92. The van der Waals surface area contributed by atoms with E-state index >= 15 is 0 Å². The lowest BCUT2D eigenvalue weighted by atomic mass is 9.88. The molecule has 2 N–H and O–H groups in total. The average Bonchev–Trinajstić information content (AvgIpc) is 2.24. The van der Waals surface area contributed by atoms with Crippen LogP contribution in [0.15, 0.2) is 0 Å². The van der Waals surface area contributed by atoms with Gasteiger partial charge in [-0.2, -0.15) is 0 Å². The second kappa shape index (κ2) is 5.99. The van der Waals surface area contributed by atoms with Crippen LogP contribution in [-0.2, 0) is 4.74 Å². The summed E-state index contributed by atoms with van der Waals surface area (Å²) < 4.78 is 5.30. The average molecular weight is 226 g/mol. The van der Waals surface area contributed by atoms with Gasteiger partial charge in [0, 0.05) is 25.2 Å². The summed E-state index contributed by atoms with van der Waals surface area (Å²) in [6.45, 7) is 3.53. The van der Waals surface area contributed by atoms with Gasteiger partial charge in [-0.05, 0) is 45.6 Å². The van der Waals surface area contributed by atoms with Gasteiger partial charge in [-0.25, -0.2) is 0 Å². The smallest absolute Gasteiger partial charge is 0.0601 e. The second-order valence-corrected chi connectivity index (χ2v) is 5.48. The lowest BCUT2D eigenvalue weighted by molar-refractivity contribution is 0.0141. The predicted molar refractivity (Wildman–Crippen MR) is 66.7 cm³/mol. The van der Waals surface area contributed by atoms with Gasteiger partial charge in [-0.1, -0.05) is 6.42 Å². The molecule has 0 radical (unpaired) electrons. The van der Waals surface area contributed by atoms with Gasteiger partial charge in [0.25, 0.3) is 0 Å². The van der Waals surface area contributed by atoms with Crippen LogP contribution >= 0.6 is 0 Å². The number of ether oxygens (including phenoxy) is 1.